The molecule has 0 spiro atoms. The summed E-state index contributed by atoms with van der Waals surface area (Å²) in [5.74, 6) is 0. The number of nitrogens with one attached hydrogen (secondary N) is 1. The maximum atomic E-state index is 9.48. The van der Waals surface area contributed by atoms with Gasteiger partial charge in [-0.1, -0.05) is 0 Å². The van der Waals surface area contributed by atoms with E-state index in [4.69, 9.17) is 4.74 Å². The van der Waals surface area contributed by atoms with Crippen LogP contribution in [0.15, 0.2) is 0 Å². The van der Waals surface area contributed by atoms with Crippen LogP contribution in [0.1, 0.15) is 32.6 Å². The van der Waals surface area contributed by atoms with E-state index < -0.39 is 0 Å². The zero-order chi connectivity index (χ0) is 13.0. The lowest BCUT2D eigenvalue weighted by atomic mass is 9.79. The van der Waals surface area contributed by atoms with Gasteiger partial charge >= 0.3 is 0 Å². The van der Waals surface area contributed by atoms with Crippen molar-refractivity contribution in [1.82, 2.24) is 10.2 Å². The predicted molar refractivity (Wildman–Crippen MR) is 72.7 cm³/mol. The molecule has 0 radical (unpaired) electrons. The fraction of sp³-hybridized carbons (Fsp3) is 1.00. The van der Waals surface area contributed by atoms with Gasteiger partial charge in [-0.3, -0.25) is 0 Å². The Morgan fingerprint density at radius 2 is 2.06 bits per heavy atom. The lowest BCUT2D eigenvalue weighted by Gasteiger charge is -2.40. The van der Waals surface area contributed by atoms with Crippen molar-refractivity contribution in [3.05, 3.63) is 0 Å². The zero-order valence-corrected chi connectivity index (χ0v) is 11.8. The molecular weight excluding hydrogens is 228 g/mol. The van der Waals surface area contributed by atoms with Crippen LogP contribution < -0.4 is 5.32 Å². The third-order valence-electron chi connectivity index (χ3n) is 4.08. The topological polar surface area (TPSA) is 44.7 Å². The second-order valence-corrected chi connectivity index (χ2v) is 6.31. The average molecular weight is 256 g/mol. The normalized spacial score (nSPS) is 25.3. The maximum absolute atomic E-state index is 9.48. The quantitative estimate of drug-likeness (QED) is 0.709. The smallest absolute Gasteiger partial charge is 0.0638 e. The summed E-state index contributed by atoms with van der Waals surface area (Å²) in [6, 6.07) is 0.770. The number of hydrogen-bond donors (Lipinski definition) is 2. The first-order valence-electron chi connectivity index (χ1n) is 7.27. The van der Waals surface area contributed by atoms with E-state index >= 15 is 0 Å². The van der Waals surface area contributed by atoms with Crippen molar-refractivity contribution >= 4 is 0 Å². The van der Waals surface area contributed by atoms with Gasteiger partial charge < -0.3 is 20.1 Å². The Morgan fingerprint density at radius 3 is 2.61 bits per heavy atom. The predicted octanol–water partition coefficient (Wildman–Crippen LogP) is 0.848. The van der Waals surface area contributed by atoms with Crippen LogP contribution in [0, 0.1) is 5.41 Å². The summed E-state index contributed by atoms with van der Waals surface area (Å²) in [5.41, 5.74) is 0.338. The summed E-state index contributed by atoms with van der Waals surface area (Å²) in [7, 11) is 2.11. The fourth-order valence-electron chi connectivity index (χ4n) is 2.93. The molecule has 1 saturated heterocycles. The zero-order valence-electron chi connectivity index (χ0n) is 11.8. The van der Waals surface area contributed by atoms with E-state index in [9.17, 15) is 5.11 Å². The number of ether oxygens (including phenoxy) is 1. The Morgan fingerprint density at radius 1 is 1.39 bits per heavy atom. The van der Waals surface area contributed by atoms with Crippen molar-refractivity contribution in [1.29, 1.82) is 0 Å². The first-order chi connectivity index (χ1) is 8.60. The molecule has 0 aromatic carbocycles. The molecule has 2 fully saturated rings. The molecule has 2 N–H and O–H groups in total. The number of hydrogen-bond acceptors (Lipinski definition) is 4. The number of likely N-dealkylation sites (N-methyl/N-ethyl adjacent to an activating group) is 1. The Balaban J connectivity index is 1.85. The van der Waals surface area contributed by atoms with Crippen LogP contribution in [-0.2, 0) is 4.74 Å². The standard InChI is InChI=1S/C14H28N2O2/c1-12(17)9-16(2)11-14(5-7-18-8-6-14)10-15-13-3-4-13/h12-13,15,17H,3-11H2,1-2H3. The molecule has 0 bridgehead atoms. The van der Waals surface area contributed by atoms with Crippen LogP contribution in [0.4, 0.5) is 0 Å². The third kappa shape index (κ3) is 4.50. The summed E-state index contributed by atoms with van der Waals surface area (Å²) < 4.78 is 5.51. The first-order valence-corrected chi connectivity index (χ1v) is 7.27. The minimum atomic E-state index is -0.247. The van der Waals surface area contributed by atoms with Gasteiger partial charge in [0.25, 0.3) is 0 Å². The van der Waals surface area contributed by atoms with E-state index in [1.165, 1.54) is 12.8 Å². The molecule has 2 aliphatic rings. The molecule has 18 heavy (non-hydrogen) atoms. The summed E-state index contributed by atoms with van der Waals surface area (Å²) in [6.45, 7) is 6.54. The van der Waals surface area contributed by atoms with Crippen molar-refractivity contribution in [2.45, 2.75) is 44.8 Å². The summed E-state index contributed by atoms with van der Waals surface area (Å²) >= 11 is 0. The van der Waals surface area contributed by atoms with Gasteiger partial charge in [-0.25, -0.2) is 0 Å². The van der Waals surface area contributed by atoms with E-state index in [-0.39, 0.29) is 6.10 Å². The summed E-state index contributed by atoms with van der Waals surface area (Å²) in [6.07, 6.45) is 4.71. The average Bonchev–Trinajstić information content (AvgIpc) is 3.10. The van der Waals surface area contributed by atoms with Crippen molar-refractivity contribution in [2.24, 2.45) is 5.41 Å². The highest BCUT2D eigenvalue weighted by Gasteiger charge is 2.35. The molecule has 1 aliphatic carbocycles. The highest BCUT2D eigenvalue weighted by Crippen LogP contribution is 2.32. The van der Waals surface area contributed by atoms with E-state index in [1.54, 1.807) is 0 Å². The van der Waals surface area contributed by atoms with Gasteiger partial charge in [-0.2, -0.15) is 0 Å². The molecule has 1 unspecified atom stereocenters. The van der Waals surface area contributed by atoms with Crippen molar-refractivity contribution < 1.29 is 9.84 Å². The van der Waals surface area contributed by atoms with Crippen LogP contribution in [-0.4, -0.2) is 62.0 Å². The lowest BCUT2D eigenvalue weighted by Crippen LogP contribution is -2.48. The summed E-state index contributed by atoms with van der Waals surface area (Å²) in [5, 5.41) is 13.2. The molecule has 4 nitrogen and oxygen atoms in total. The van der Waals surface area contributed by atoms with Crippen molar-refractivity contribution in [3.63, 3.8) is 0 Å². The summed E-state index contributed by atoms with van der Waals surface area (Å²) in [4.78, 5) is 2.27. The minimum absolute atomic E-state index is 0.247. The van der Waals surface area contributed by atoms with E-state index in [0.717, 1.165) is 51.7 Å². The van der Waals surface area contributed by atoms with Crippen LogP contribution in [0.5, 0.6) is 0 Å². The van der Waals surface area contributed by atoms with Gasteiger partial charge in [-0.15, -0.1) is 0 Å². The highest BCUT2D eigenvalue weighted by atomic mass is 16.5. The van der Waals surface area contributed by atoms with E-state index in [0.29, 0.717) is 5.41 Å². The Bertz CT molecular complexity index is 248. The van der Waals surface area contributed by atoms with Gasteiger partial charge in [0.2, 0.25) is 0 Å². The van der Waals surface area contributed by atoms with Gasteiger partial charge in [0.05, 0.1) is 6.10 Å². The molecule has 0 aromatic heterocycles. The van der Waals surface area contributed by atoms with Crippen molar-refractivity contribution in [2.75, 3.05) is 39.9 Å². The monoisotopic (exact) mass is 256 g/mol. The van der Waals surface area contributed by atoms with Gasteiger partial charge in [0.15, 0.2) is 0 Å². The van der Waals surface area contributed by atoms with Gasteiger partial charge in [0, 0.05) is 38.9 Å². The Kier molecular flexibility index (Phi) is 5.01. The number of rotatable bonds is 7. The fourth-order valence-corrected chi connectivity index (χ4v) is 2.93. The molecule has 1 heterocycles. The molecule has 106 valence electrons. The van der Waals surface area contributed by atoms with Crippen LogP contribution >= 0.6 is 0 Å². The Hall–Kier alpha value is -0.160. The molecule has 0 amide bonds. The lowest BCUT2D eigenvalue weighted by molar-refractivity contribution is -0.00567. The van der Waals surface area contributed by atoms with Gasteiger partial charge in [0.1, 0.15) is 0 Å². The maximum Gasteiger partial charge on any atom is 0.0638 e. The number of aliphatic hydroxyl groups excluding tert-OH is 1. The van der Waals surface area contributed by atoms with Crippen molar-refractivity contribution in [3.8, 4) is 0 Å². The number of nitrogens with zero attached hydrogens (tertiary/aromatic N) is 1. The van der Waals surface area contributed by atoms with Crippen LogP contribution in [0.3, 0.4) is 0 Å². The number of aliphatic hydroxyl groups is 1. The second-order valence-electron chi connectivity index (χ2n) is 6.31. The van der Waals surface area contributed by atoms with Crippen LogP contribution in [0.2, 0.25) is 0 Å². The van der Waals surface area contributed by atoms with Crippen LogP contribution in [0.25, 0.3) is 0 Å². The molecule has 2 rings (SSSR count). The third-order valence-corrected chi connectivity index (χ3v) is 4.08. The SMILES string of the molecule is CC(O)CN(C)CC1(CNC2CC2)CCOCC1. The minimum Gasteiger partial charge on any atom is -0.392 e. The molecular formula is C14H28N2O2. The van der Waals surface area contributed by atoms with E-state index in [1.807, 2.05) is 6.92 Å². The second kappa shape index (κ2) is 6.33. The molecule has 1 aliphatic heterocycles. The first kappa shape index (κ1) is 14.3. The molecule has 4 heteroatoms. The molecule has 1 atom stereocenters. The Labute approximate surface area is 111 Å². The van der Waals surface area contributed by atoms with E-state index in [2.05, 4.69) is 17.3 Å². The van der Waals surface area contributed by atoms with Gasteiger partial charge in [-0.05, 0) is 45.1 Å². The molecule has 0 aromatic rings. The largest absolute Gasteiger partial charge is 0.392 e. The molecule has 1 saturated carbocycles. The highest BCUT2D eigenvalue weighted by molar-refractivity contribution is 4.90.